The fourth-order valence-electron chi connectivity index (χ4n) is 3.70. The SMILES string of the molecule is Cc1nc(C)c(Cc2ccccc2C)c(N2CCN(C[C@@H](C)O)CC2)n1. The van der Waals surface area contributed by atoms with E-state index in [1.807, 2.05) is 13.8 Å². The molecule has 1 aliphatic heterocycles. The molecule has 5 nitrogen and oxygen atoms in total. The van der Waals surface area contributed by atoms with Crippen LogP contribution >= 0.6 is 0 Å². The molecule has 0 amide bonds. The van der Waals surface area contributed by atoms with Gasteiger partial charge in [-0.25, -0.2) is 9.97 Å². The summed E-state index contributed by atoms with van der Waals surface area (Å²) in [6, 6.07) is 8.54. The van der Waals surface area contributed by atoms with Gasteiger partial charge < -0.3 is 10.0 Å². The number of aliphatic hydroxyl groups is 1. The minimum absolute atomic E-state index is 0.276. The minimum Gasteiger partial charge on any atom is -0.392 e. The van der Waals surface area contributed by atoms with Crippen molar-refractivity contribution in [3.05, 3.63) is 52.5 Å². The number of piperazine rings is 1. The third-order valence-electron chi connectivity index (χ3n) is 5.13. The summed E-state index contributed by atoms with van der Waals surface area (Å²) >= 11 is 0. The zero-order valence-electron chi connectivity index (χ0n) is 16.4. The van der Waals surface area contributed by atoms with E-state index in [4.69, 9.17) is 4.98 Å². The van der Waals surface area contributed by atoms with E-state index in [0.29, 0.717) is 0 Å². The molecule has 26 heavy (non-hydrogen) atoms. The van der Waals surface area contributed by atoms with Crippen LogP contribution in [0.15, 0.2) is 24.3 Å². The Kier molecular flexibility index (Phi) is 5.89. The Morgan fingerprint density at radius 2 is 1.73 bits per heavy atom. The fourth-order valence-corrected chi connectivity index (χ4v) is 3.70. The minimum atomic E-state index is -0.276. The van der Waals surface area contributed by atoms with E-state index in [0.717, 1.165) is 56.5 Å². The molecule has 3 rings (SSSR count). The van der Waals surface area contributed by atoms with Crippen LogP contribution < -0.4 is 4.90 Å². The Hall–Kier alpha value is -1.98. The van der Waals surface area contributed by atoms with Gasteiger partial charge in [-0.2, -0.15) is 0 Å². The Morgan fingerprint density at radius 1 is 1.04 bits per heavy atom. The molecule has 0 unspecified atom stereocenters. The van der Waals surface area contributed by atoms with Crippen LogP contribution in [0, 0.1) is 20.8 Å². The van der Waals surface area contributed by atoms with Crippen molar-refractivity contribution in [2.45, 2.75) is 40.2 Å². The number of hydrogen-bond acceptors (Lipinski definition) is 5. The highest BCUT2D eigenvalue weighted by atomic mass is 16.3. The molecule has 0 bridgehead atoms. The topological polar surface area (TPSA) is 52.5 Å². The van der Waals surface area contributed by atoms with E-state index >= 15 is 0 Å². The van der Waals surface area contributed by atoms with Crippen molar-refractivity contribution in [1.29, 1.82) is 0 Å². The Morgan fingerprint density at radius 3 is 2.38 bits per heavy atom. The lowest BCUT2D eigenvalue weighted by atomic mass is 9.99. The average molecular weight is 354 g/mol. The predicted octanol–water partition coefficient (Wildman–Crippen LogP) is 2.50. The number of β-amino-alcohol motifs (C(OH)–C–C–N with tert-alkyl or cyclic N) is 1. The molecule has 1 atom stereocenters. The van der Waals surface area contributed by atoms with Gasteiger partial charge in [-0.1, -0.05) is 24.3 Å². The third kappa shape index (κ3) is 4.40. The summed E-state index contributed by atoms with van der Waals surface area (Å²) < 4.78 is 0. The van der Waals surface area contributed by atoms with Crippen molar-refractivity contribution in [3.63, 3.8) is 0 Å². The van der Waals surface area contributed by atoms with Gasteiger partial charge in [-0.15, -0.1) is 0 Å². The van der Waals surface area contributed by atoms with Crippen LogP contribution in [0.4, 0.5) is 5.82 Å². The summed E-state index contributed by atoms with van der Waals surface area (Å²) in [5, 5.41) is 9.62. The van der Waals surface area contributed by atoms with Gasteiger partial charge in [0.05, 0.1) is 6.10 Å². The lowest BCUT2D eigenvalue weighted by Gasteiger charge is -2.37. The second-order valence-corrected chi connectivity index (χ2v) is 7.40. The monoisotopic (exact) mass is 354 g/mol. The van der Waals surface area contributed by atoms with Gasteiger partial charge in [0.25, 0.3) is 0 Å². The molecule has 0 radical (unpaired) electrons. The Bertz CT molecular complexity index is 752. The van der Waals surface area contributed by atoms with E-state index in [1.165, 1.54) is 16.7 Å². The first-order valence-corrected chi connectivity index (χ1v) is 9.48. The van der Waals surface area contributed by atoms with Crippen molar-refractivity contribution in [2.24, 2.45) is 0 Å². The smallest absolute Gasteiger partial charge is 0.136 e. The molecule has 1 aliphatic rings. The first-order chi connectivity index (χ1) is 12.4. The lowest BCUT2D eigenvalue weighted by molar-refractivity contribution is 0.122. The molecular formula is C21H30N4O. The zero-order valence-corrected chi connectivity index (χ0v) is 16.4. The molecule has 1 aromatic heterocycles. The first kappa shape index (κ1) is 18.8. The predicted molar refractivity (Wildman–Crippen MR) is 106 cm³/mol. The van der Waals surface area contributed by atoms with Gasteiger partial charge in [0.15, 0.2) is 0 Å². The molecule has 1 fully saturated rings. The molecule has 0 spiro atoms. The number of aromatic nitrogens is 2. The van der Waals surface area contributed by atoms with Crippen molar-refractivity contribution < 1.29 is 5.11 Å². The molecule has 2 aromatic rings. The van der Waals surface area contributed by atoms with E-state index < -0.39 is 0 Å². The average Bonchev–Trinajstić information content (AvgIpc) is 2.59. The lowest BCUT2D eigenvalue weighted by Crippen LogP contribution is -2.48. The molecule has 1 N–H and O–H groups in total. The van der Waals surface area contributed by atoms with Crippen LogP contribution in [0.1, 0.15) is 35.1 Å². The third-order valence-corrected chi connectivity index (χ3v) is 5.13. The molecular weight excluding hydrogens is 324 g/mol. The summed E-state index contributed by atoms with van der Waals surface area (Å²) in [6.45, 7) is 12.6. The van der Waals surface area contributed by atoms with Crippen molar-refractivity contribution in [3.8, 4) is 0 Å². The zero-order chi connectivity index (χ0) is 18.7. The van der Waals surface area contributed by atoms with Gasteiger partial charge in [0, 0.05) is 50.4 Å². The highest BCUT2D eigenvalue weighted by Crippen LogP contribution is 2.26. The van der Waals surface area contributed by atoms with Crippen LogP contribution in [0.25, 0.3) is 0 Å². The second kappa shape index (κ2) is 8.14. The van der Waals surface area contributed by atoms with Crippen molar-refractivity contribution in [2.75, 3.05) is 37.6 Å². The van der Waals surface area contributed by atoms with Crippen molar-refractivity contribution in [1.82, 2.24) is 14.9 Å². The summed E-state index contributed by atoms with van der Waals surface area (Å²) in [5.41, 5.74) is 4.94. The maximum atomic E-state index is 9.62. The van der Waals surface area contributed by atoms with E-state index in [-0.39, 0.29) is 6.10 Å². The molecule has 2 heterocycles. The van der Waals surface area contributed by atoms with Gasteiger partial charge in [0.1, 0.15) is 11.6 Å². The largest absolute Gasteiger partial charge is 0.392 e. The molecule has 1 saturated heterocycles. The number of hydrogen-bond donors (Lipinski definition) is 1. The maximum absolute atomic E-state index is 9.62. The summed E-state index contributed by atoms with van der Waals surface area (Å²) in [6.07, 6.45) is 0.587. The van der Waals surface area contributed by atoms with Gasteiger partial charge in [-0.3, -0.25) is 4.90 Å². The molecule has 1 aromatic carbocycles. The number of anilines is 1. The van der Waals surface area contributed by atoms with E-state index in [2.05, 4.69) is 52.9 Å². The van der Waals surface area contributed by atoms with Crippen LogP contribution in [0.3, 0.4) is 0 Å². The molecule has 0 saturated carbocycles. The second-order valence-electron chi connectivity index (χ2n) is 7.40. The molecule has 5 heteroatoms. The highest BCUT2D eigenvalue weighted by molar-refractivity contribution is 5.52. The normalized spacial score (nSPS) is 16.7. The molecule has 0 aliphatic carbocycles. The fraction of sp³-hybridized carbons (Fsp3) is 0.524. The van der Waals surface area contributed by atoms with Crippen molar-refractivity contribution >= 4 is 5.82 Å². The highest BCUT2D eigenvalue weighted by Gasteiger charge is 2.23. The van der Waals surface area contributed by atoms with Crippen LogP contribution in [0.5, 0.6) is 0 Å². The van der Waals surface area contributed by atoms with Crippen LogP contribution in [-0.2, 0) is 6.42 Å². The van der Waals surface area contributed by atoms with Crippen LogP contribution in [0.2, 0.25) is 0 Å². The Labute approximate surface area is 156 Å². The van der Waals surface area contributed by atoms with Gasteiger partial charge in [0.2, 0.25) is 0 Å². The van der Waals surface area contributed by atoms with Crippen LogP contribution in [-0.4, -0.2) is 58.8 Å². The summed E-state index contributed by atoms with van der Waals surface area (Å²) in [5.74, 6) is 1.91. The number of aliphatic hydroxyl groups excluding tert-OH is 1. The first-order valence-electron chi connectivity index (χ1n) is 9.48. The van der Waals surface area contributed by atoms with Gasteiger partial charge >= 0.3 is 0 Å². The number of aryl methyl sites for hydroxylation is 3. The van der Waals surface area contributed by atoms with E-state index in [9.17, 15) is 5.11 Å². The number of benzene rings is 1. The standard InChI is InChI=1S/C21H30N4O/c1-15-7-5-6-8-19(15)13-20-17(3)22-18(4)23-21(20)25-11-9-24(10-12-25)14-16(2)26/h5-8,16,26H,9-14H2,1-4H3/t16-/m1/s1. The van der Waals surface area contributed by atoms with E-state index in [1.54, 1.807) is 0 Å². The summed E-state index contributed by atoms with van der Waals surface area (Å²) in [7, 11) is 0. The maximum Gasteiger partial charge on any atom is 0.136 e. The summed E-state index contributed by atoms with van der Waals surface area (Å²) in [4.78, 5) is 14.1. The number of rotatable bonds is 5. The quantitative estimate of drug-likeness (QED) is 0.894. The Balaban J connectivity index is 1.84. The number of nitrogens with zero attached hydrogens (tertiary/aromatic N) is 4. The molecule has 140 valence electrons. The van der Waals surface area contributed by atoms with Gasteiger partial charge in [-0.05, 0) is 38.8 Å².